The van der Waals surface area contributed by atoms with E-state index in [4.69, 9.17) is 15.5 Å². The molecule has 1 aromatic carbocycles. The number of benzene rings is 1. The number of aliphatic hydroxyl groups excluding tert-OH is 2. The number of ether oxygens (including phenoxy) is 1. The van der Waals surface area contributed by atoms with Crippen LogP contribution in [0.2, 0.25) is 0 Å². The highest BCUT2D eigenvalue weighted by molar-refractivity contribution is 5.90. The molecule has 4 atom stereocenters. The molecule has 4 heterocycles. The molecule has 10 nitrogen and oxygen atoms in total. The van der Waals surface area contributed by atoms with Crippen molar-refractivity contribution in [2.45, 2.75) is 122 Å². The third-order valence-corrected chi connectivity index (χ3v) is 9.82. The summed E-state index contributed by atoms with van der Waals surface area (Å²) in [6, 6.07) is 7.26. The highest BCUT2D eigenvalue weighted by Gasteiger charge is 2.46. The standard InChI is InChI=1S/C34H49N7O3/c1-18(2)23-15-41(32-28(23)31(35)36-17-37-32)33-30(43)29(42)26(44-33)16-40(19(3)4)22-12-20(13-22)8-11-27-38-24-10-9-21(34(5,6)7)14-25(24)39-27/h9-10,14-15,17-20,22,26,29-30,33,42-43H,8,11-13,16H2,1-7H3,(H,38,39)(H2,35,36,37)/t20-,22+,26-,29-,30-,33-/m1/s1. The Bertz CT molecular complexity index is 1610. The number of nitrogens with zero attached hydrogens (tertiary/aromatic N) is 5. The van der Waals surface area contributed by atoms with E-state index >= 15 is 0 Å². The van der Waals surface area contributed by atoms with Crippen LogP contribution in [0.15, 0.2) is 30.7 Å². The quantitative estimate of drug-likeness (QED) is 0.209. The SMILES string of the molecule is CC(C)c1cn([C@@H]2O[C@H](CN(C(C)C)[C@H]3C[C@@H](CCc4nc5cc(C(C)(C)C)ccc5[nH]4)C3)[C@@H](O)[C@H]2O)c2ncnc(N)c12. The summed E-state index contributed by atoms with van der Waals surface area (Å²) in [6.45, 7) is 15.8. The maximum absolute atomic E-state index is 11.1. The number of nitrogens with two attached hydrogens (primary N) is 1. The maximum atomic E-state index is 11.1. The van der Waals surface area contributed by atoms with Gasteiger partial charge in [0.1, 0.15) is 41.9 Å². The van der Waals surface area contributed by atoms with Crippen molar-refractivity contribution in [1.29, 1.82) is 0 Å². The number of anilines is 1. The summed E-state index contributed by atoms with van der Waals surface area (Å²) >= 11 is 0. The third kappa shape index (κ3) is 5.73. The van der Waals surface area contributed by atoms with Gasteiger partial charge in [0.2, 0.25) is 0 Å². The van der Waals surface area contributed by atoms with Gasteiger partial charge >= 0.3 is 0 Å². The number of hydrogen-bond donors (Lipinski definition) is 4. The first-order valence-corrected chi connectivity index (χ1v) is 16.2. The summed E-state index contributed by atoms with van der Waals surface area (Å²) in [4.78, 5) is 19.5. The number of aromatic amines is 1. The van der Waals surface area contributed by atoms with Gasteiger partial charge in [0.05, 0.1) is 16.4 Å². The fourth-order valence-corrected chi connectivity index (χ4v) is 7.06. The van der Waals surface area contributed by atoms with Crippen LogP contribution < -0.4 is 5.73 Å². The molecule has 1 aliphatic carbocycles. The van der Waals surface area contributed by atoms with Crippen LogP contribution in [0.4, 0.5) is 5.82 Å². The van der Waals surface area contributed by atoms with Crippen LogP contribution in [0.3, 0.4) is 0 Å². The van der Waals surface area contributed by atoms with E-state index in [1.54, 1.807) is 0 Å². The molecular weight excluding hydrogens is 554 g/mol. The molecular formula is C34H49N7O3. The second-order valence-corrected chi connectivity index (χ2v) is 14.6. The Kier molecular flexibility index (Phi) is 8.24. The lowest BCUT2D eigenvalue weighted by atomic mass is 9.76. The molecule has 0 spiro atoms. The Morgan fingerprint density at radius 2 is 1.86 bits per heavy atom. The fourth-order valence-electron chi connectivity index (χ4n) is 7.06. The van der Waals surface area contributed by atoms with Crippen molar-refractivity contribution >= 4 is 27.9 Å². The molecule has 0 unspecified atom stereocenters. The average Bonchev–Trinajstić information content (AvgIpc) is 3.60. The van der Waals surface area contributed by atoms with Gasteiger partial charge in [0.25, 0.3) is 0 Å². The first-order valence-electron chi connectivity index (χ1n) is 16.2. The second-order valence-electron chi connectivity index (χ2n) is 14.6. The molecule has 0 bridgehead atoms. The lowest BCUT2D eigenvalue weighted by Gasteiger charge is -2.46. The van der Waals surface area contributed by atoms with Gasteiger partial charge in [-0.2, -0.15) is 0 Å². The van der Waals surface area contributed by atoms with E-state index in [1.807, 2.05) is 10.8 Å². The van der Waals surface area contributed by atoms with Crippen molar-refractivity contribution in [1.82, 2.24) is 29.4 Å². The molecule has 44 heavy (non-hydrogen) atoms. The number of imidazole rings is 1. The van der Waals surface area contributed by atoms with Gasteiger partial charge in [-0.25, -0.2) is 15.0 Å². The topological polar surface area (TPSA) is 138 Å². The van der Waals surface area contributed by atoms with Crippen LogP contribution in [0.5, 0.6) is 0 Å². The van der Waals surface area contributed by atoms with Crippen molar-refractivity contribution in [3.8, 4) is 0 Å². The summed E-state index contributed by atoms with van der Waals surface area (Å²) in [7, 11) is 0. The molecule has 1 saturated heterocycles. The Labute approximate surface area is 260 Å². The van der Waals surface area contributed by atoms with E-state index in [2.05, 4.69) is 86.5 Å². The normalized spacial score (nSPS) is 26.1. The zero-order valence-corrected chi connectivity index (χ0v) is 27.2. The van der Waals surface area contributed by atoms with Crippen molar-refractivity contribution in [2.24, 2.45) is 5.92 Å². The van der Waals surface area contributed by atoms with Crippen LogP contribution >= 0.6 is 0 Å². The summed E-state index contributed by atoms with van der Waals surface area (Å²) in [5, 5.41) is 23.1. The minimum absolute atomic E-state index is 0.104. The summed E-state index contributed by atoms with van der Waals surface area (Å²) in [5.41, 5.74) is 11.4. The lowest BCUT2D eigenvalue weighted by Crippen LogP contribution is -2.52. The van der Waals surface area contributed by atoms with Crippen molar-refractivity contribution in [3.63, 3.8) is 0 Å². The van der Waals surface area contributed by atoms with E-state index in [9.17, 15) is 10.2 Å². The molecule has 238 valence electrons. The van der Waals surface area contributed by atoms with E-state index in [0.717, 1.165) is 53.5 Å². The summed E-state index contributed by atoms with van der Waals surface area (Å²) < 4.78 is 8.23. The Morgan fingerprint density at radius 3 is 2.55 bits per heavy atom. The first-order chi connectivity index (χ1) is 20.8. The van der Waals surface area contributed by atoms with Gasteiger partial charge in [-0.3, -0.25) is 4.90 Å². The number of aliphatic hydroxyl groups is 2. The zero-order chi connectivity index (χ0) is 31.5. The molecule has 3 aromatic heterocycles. The van der Waals surface area contributed by atoms with Crippen molar-refractivity contribution in [3.05, 3.63) is 47.7 Å². The number of nitrogens with one attached hydrogen (secondary N) is 1. The number of aryl methyl sites for hydroxylation is 1. The molecule has 1 aliphatic heterocycles. The second kappa shape index (κ2) is 11.7. The van der Waals surface area contributed by atoms with E-state index in [1.165, 1.54) is 11.9 Å². The number of nitrogen functional groups attached to an aromatic ring is 1. The van der Waals surface area contributed by atoms with E-state index in [0.29, 0.717) is 30.0 Å². The molecule has 0 amide bonds. The predicted octanol–water partition coefficient (Wildman–Crippen LogP) is 5.05. The monoisotopic (exact) mass is 603 g/mol. The van der Waals surface area contributed by atoms with Crippen LogP contribution in [0, 0.1) is 5.92 Å². The van der Waals surface area contributed by atoms with Crippen LogP contribution in [-0.4, -0.2) is 76.6 Å². The minimum Gasteiger partial charge on any atom is -0.387 e. The molecule has 1 saturated carbocycles. The lowest BCUT2D eigenvalue weighted by molar-refractivity contribution is -0.0619. The smallest absolute Gasteiger partial charge is 0.164 e. The summed E-state index contributed by atoms with van der Waals surface area (Å²) in [6.07, 6.45) is 4.24. The van der Waals surface area contributed by atoms with Crippen LogP contribution in [0.25, 0.3) is 22.1 Å². The third-order valence-electron chi connectivity index (χ3n) is 9.82. The Balaban J connectivity index is 1.08. The minimum atomic E-state index is -1.08. The van der Waals surface area contributed by atoms with Crippen LogP contribution in [0.1, 0.15) is 96.8 Å². The zero-order valence-electron chi connectivity index (χ0n) is 27.2. The van der Waals surface area contributed by atoms with Crippen molar-refractivity contribution in [2.75, 3.05) is 12.3 Å². The van der Waals surface area contributed by atoms with Gasteiger partial charge in [-0.05, 0) is 73.6 Å². The number of H-pyrrole nitrogens is 1. The Hall–Kier alpha value is -3.05. The fraction of sp³-hybridized carbons (Fsp3) is 0.618. The highest BCUT2D eigenvalue weighted by atomic mass is 16.6. The number of rotatable bonds is 9. The maximum Gasteiger partial charge on any atom is 0.164 e. The molecule has 5 N–H and O–H groups in total. The molecule has 6 rings (SSSR count). The summed E-state index contributed by atoms with van der Waals surface area (Å²) in [5.74, 6) is 2.28. The first kappa shape index (κ1) is 31.0. The van der Waals surface area contributed by atoms with Crippen LogP contribution in [-0.2, 0) is 16.6 Å². The molecule has 10 heteroatoms. The molecule has 0 radical (unpaired) electrons. The van der Waals surface area contributed by atoms with E-state index in [-0.39, 0.29) is 17.4 Å². The van der Waals surface area contributed by atoms with Crippen molar-refractivity contribution < 1.29 is 14.9 Å². The average molecular weight is 604 g/mol. The van der Waals surface area contributed by atoms with E-state index < -0.39 is 24.5 Å². The largest absolute Gasteiger partial charge is 0.387 e. The van der Waals surface area contributed by atoms with Gasteiger partial charge in [-0.1, -0.05) is 40.7 Å². The number of fused-ring (bicyclic) bond motifs is 2. The molecule has 4 aromatic rings. The van der Waals surface area contributed by atoms with Gasteiger partial charge in [0, 0.05) is 31.2 Å². The number of hydrogen-bond acceptors (Lipinski definition) is 8. The molecule has 2 fully saturated rings. The van der Waals surface area contributed by atoms with Gasteiger partial charge in [-0.15, -0.1) is 0 Å². The highest BCUT2D eigenvalue weighted by Crippen LogP contribution is 2.40. The number of aromatic nitrogens is 5. The Morgan fingerprint density at radius 1 is 1.11 bits per heavy atom. The predicted molar refractivity (Wildman–Crippen MR) is 173 cm³/mol. The molecule has 2 aliphatic rings. The van der Waals surface area contributed by atoms with Gasteiger partial charge < -0.3 is 30.2 Å². The van der Waals surface area contributed by atoms with Gasteiger partial charge in [0.15, 0.2) is 6.23 Å².